The number of benzene rings is 1. The van der Waals surface area contributed by atoms with Crippen molar-refractivity contribution in [3.8, 4) is 0 Å². The summed E-state index contributed by atoms with van der Waals surface area (Å²) >= 11 is 0. The van der Waals surface area contributed by atoms with E-state index in [1.54, 1.807) is 0 Å². The van der Waals surface area contributed by atoms with Crippen molar-refractivity contribution in [3.05, 3.63) is 30.1 Å². The third-order valence-corrected chi connectivity index (χ3v) is 5.94. The third kappa shape index (κ3) is 8.89. The second kappa shape index (κ2) is 15.0. The maximum Gasteiger partial charge on any atom is 0.219 e. The molecule has 0 radical (unpaired) electrons. The number of hydrogen-bond acceptors (Lipinski definition) is 2. The highest BCUT2D eigenvalue weighted by molar-refractivity contribution is 5.76. The van der Waals surface area contributed by atoms with Gasteiger partial charge in [-0.3, -0.25) is 4.79 Å². The first-order valence-corrected chi connectivity index (χ1v) is 12.5. The van der Waals surface area contributed by atoms with Crippen LogP contribution < -0.4 is 5.32 Å². The van der Waals surface area contributed by atoms with E-state index in [4.69, 9.17) is 4.98 Å². The highest BCUT2D eigenvalue weighted by atomic mass is 16.1. The van der Waals surface area contributed by atoms with Crippen molar-refractivity contribution in [3.63, 3.8) is 0 Å². The van der Waals surface area contributed by atoms with E-state index in [0.717, 1.165) is 44.3 Å². The Hall–Kier alpha value is -1.84. The van der Waals surface area contributed by atoms with E-state index in [1.165, 1.54) is 69.1 Å². The molecule has 2 aromatic rings. The topological polar surface area (TPSA) is 46.9 Å². The third-order valence-electron chi connectivity index (χ3n) is 5.94. The monoisotopic (exact) mass is 413 g/mol. The molecular formula is C26H43N3O. The molecule has 0 fully saturated rings. The van der Waals surface area contributed by atoms with Gasteiger partial charge in [0.25, 0.3) is 0 Å². The molecule has 0 aliphatic heterocycles. The van der Waals surface area contributed by atoms with Crippen LogP contribution in [0.4, 0.5) is 0 Å². The van der Waals surface area contributed by atoms with Crippen LogP contribution in [0, 0.1) is 0 Å². The molecule has 1 N–H and O–H groups in total. The Bertz CT molecular complexity index is 722. The number of amides is 1. The summed E-state index contributed by atoms with van der Waals surface area (Å²) in [6, 6.07) is 8.54. The number of nitrogens with zero attached hydrogens (tertiary/aromatic N) is 2. The first kappa shape index (κ1) is 24.4. The summed E-state index contributed by atoms with van der Waals surface area (Å²) in [5, 5.41) is 2.96. The van der Waals surface area contributed by atoms with Crippen LogP contribution >= 0.6 is 0 Å². The maximum atomic E-state index is 11.3. The Morgan fingerprint density at radius 2 is 1.53 bits per heavy atom. The van der Waals surface area contributed by atoms with Gasteiger partial charge in [0.2, 0.25) is 5.91 Å². The summed E-state index contributed by atoms with van der Waals surface area (Å²) in [5.74, 6) is 1.38. The lowest BCUT2D eigenvalue weighted by molar-refractivity contribution is -0.120. The lowest BCUT2D eigenvalue weighted by Gasteiger charge is -2.10. The molecule has 0 saturated carbocycles. The molecule has 0 aliphatic rings. The number of unbranched alkanes of at least 4 members (excludes halogenated alkanes) is 10. The van der Waals surface area contributed by atoms with Crippen molar-refractivity contribution in [2.45, 2.75) is 110 Å². The summed E-state index contributed by atoms with van der Waals surface area (Å²) in [5.41, 5.74) is 2.40. The summed E-state index contributed by atoms with van der Waals surface area (Å²) in [4.78, 5) is 16.2. The molecule has 0 atom stereocenters. The van der Waals surface area contributed by atoms with Crippen molar-refractivity contribution in [2.75, 3.05) is 6.54 Å². The molecule has 1 aromatic heterocycles. The van der Waals surface area contributed by atoms with Crippen LogP contribution in [-0.2, 0) is 17.8 Å². The summed E-state index contributed by atoms with van der Waals surface area (Å²) in [6.07, 6.45) is 17.1. The van der Waals surface area contributed by atoms with E-state index >= 15 is 0 Å². The van der Waals surface area contributed by atoms with E-state index in [1.807, 2.05) is 6.92 Å². The van der Waals surface area contributed by atoms with Crippen LogP contribution in [0.5, 0.6) is 0 Å². The van der Waals surface area contributed by atoms with Crippen molar-refractivity contribution >= 4 is 16.9 Å². The zero-order chi connectivity index (χ0) is 21.4. The van der Waals surface area contributed by atoms with Gasteiger partial charge in [-0.25, -0.2) is 4.98 Å². The van der Waals surface area contributed by atoms with Gasteiger partial charge in [-0.2, -0.15) is 0 Å². The largest absolute Gasteiger partial charge is 0.356 e. The molecule has 1 amide bonds. The van der Waals surface area contributed by atoms with E-state index in [9.17, 15) is 4.79 Å². The van der Waals surface area contributed by atoms with Gasteiger partial charge in [-0.15, -0.1) is 0 Å². The number of rotatable bonds is 17. The second-order valence-electron chi connectivity index (χ2n) is 8.51. The molecule has 0 spiro atoms. The smallest absolute Gasteiger partial charge is 0.219 e. The predicted molar refractivity (Wildman–Crippen MR) is 128 cm³/mol. The van der Waals surface area contributed by atoms with Crippen LogP contribution in [0.2, 0.25) is 0 Å². The normalized spacial score (nSPS) is 11.3. The van der Waals surface area contributed by atoms with Gasteiger partial charge in [-0.05, 0) is 31.4 Å². The number of fused-ring (bicyclic) bond motifs is 1. The van der Waals surface area contributed by atoms with Crippen molar-refractivity contribution in [1.29, 1.82) is 0 Å². The molecule has 0 unspecified atom stereocenters. The quantitative estimate of drug-likeness (QED) is 0.290. The molecule has 168 valence electrons. The number of para-hydroxylation sites is 2. The van der Waals surface area contributed by atoms with Gasteiger partial charge in [0, 0.05) is 25.9 Å². The SMILES string of the molecule is CCCCCCCCCCCn1c(CCCCCNC(=O)CC)nc2ccccc21. The number of aryl methyl sites for hydroxylation is 2. The van der Waals surface area contributed by atoms with Crippen LogP contribution in [0.3, 0.4) is 0 Å². The fraction of sp³-hybridized carbons (Fsp3) is 0.692. The van der Waals surface area contributed by atoms with Gasteiger partial charge in [0.05, 0.1) is 11.0 Å². The van der Waals surface area contributed by atoms with Crippen LogP contribution in [0.1, 0.15) is 103 Å². The molecule has 0 bridgehead atoms. The van der Waals surface area contributed by atoms with E-state index < -0.39 is 0 Å². The first-order valence-electron chi connectivity index (χ1n) is 12.5. The predicted octanol–water partition coefficient (Wildman–Crippen LogP) is 6.81. The minimum atomic E-state index is 0.151. The van der Waals surface area contributed by atoms with Crippen LogP contribution in [0.15, 0.2) is 24.3 Å². The van der Waals surface area contributed by atoms with Crippen LogP contribution in [-0.4, -0.2) is 22.0 Å². The van der Waals surface area contributed by atoms with Gasteiger partial charge >= 0.3 is 0 Å². The molecule has 1 heterocycles. The Morgan fingerprint density at radius 3 is 2.27 bits per heavy atom. The number of hydrogen-bond donors (Lipinski definition) is 1. The van der Waals surface area contributed by atoms with Gasteiger partial charge in [-0.1, -0.05) is 83.8 Å². The maximum absolute atomic E-state index is 11.3. The molecule has 2 rings (SSSR count). The van der Waals surface area contributed by atoms with Gasteiger partial charge in [0.1, 0.15) is 5.82 Å². The van der Waals surface area contributed by atoms with E-state index in [0.29, 0.717) is 6.42 Å². The lowest BCUT2D eigenvalue weighted by Crippen LogP contribution is -2.23. The first-order chi connectivity index (χ1) is 14.8. The van der Waals surface area contributed by atoms with Crippen LogP contribution in [0.25, 0.3) is 11.0 Å². The minimum Gasteiger partial charge on any atom is -0.356 e. The Kier molecular flexibility index (Phi) is 12.2. The number of carbonyl (C=O) groups excluding carboxylic acids is 1. The fourth-order valence-corrected chi connectivity index (χ4v) is 4.08. The average molecular weight is 414 g/mol. The zero-order valence-corrected chi connectivity index (χ0v) is 19.4. The highest BCUT2D eigenvalue weighted by Gasteiger charge is 2.10. The number of imidazole rings is 1. The van der Waals surface area contributed by atoms with Gasteiger partial charge < -0.3 is 9.88 Å². The number of carbonyl (C=O) groups is 1. The van der Waals surface area contributed by atoms with Crippen molar-refractivity contribution < 1.29 is 4.79 Å². The molecule has 30 heavy (non-hydrogen) atoms. The fourth-order valence-electron chi connectivity index (χ4n) is 4.08. The Labute approximate surface area is 183 Å². The molecule has 4 heteroatoms. The number of aromatic nitrogens is 2. The second-order valence-corrected chi connectivity index (χ2v) is 8.51. The lowest BCUT2D eigenvalue weighted by atomic mass is 10.1. The summed E-state index contributed by atoms with van der Waals surface area (Å²) in [6.45, 7) is 6.05. The van der Waals surface area contributed by atoms with E-state index in [-0.39, 0.29) is 5.91 Å². The Balaban J connectivity index is 1.73. The van der Waals surface area contributed by atoms with E-state index in [2.05, 4.69) is 41.1 Å². The summed E-state index contributed by atoms with van der Waals surface area (Å²) in [7, 11) is 0. The molecule has 4 nitrogen and oxygen atoms in total. The van der Waals surface area contributed by atoms with Gasteiger partial charge in [0.15, 0.2) is 0 Å². The standard InChI is InChI=1S/C26H43N3O/c1-3-5-6-7-8-9-10-11-17-22-29-24-19-15-14-18-23(24)28-25(29)20-13-12-16-21-27-26(30)4-2/h14-15,18-19H,3-13,16-17,20-22H2,1-2H3,(H,27,30). The van der Waals surface area contributed by atoms with Crippen molar-refractivity contribution in [2.24, 2.45) is 0 Å². The Morgan fingerprint density at radius 1 is 0.867 bits per heavy atom. The minimum absolute atomic E-state index is 0.151. The number of nitrogens with one attached hydrogen (secondary N) is 1. The average Bonchev–Trinajstić information content (AvgIpc) is 3.12. The molecular weight excluding hydrogens is 370 g/mol. The zero-order valence-electron chi connectivity index (χ0n) is 19.4. The summed E-state index contributed by atoms with van der Waals surface area (Å²) < 4.78 is 2.45. The van der Waals surface area contributed by atoms with Crippen molar-refractivity contribution in [1.82, 2.24) is 14.9 Å². The highest BCUT2D eigenvalue weighted by Crippen LogP contribution is 2.19. The molecule has 0 aliphatic carbocycles. The molecule has 0 saturated heterocycles. The molecule has 1 aromatic carbocycles.